The van der Waals surface area contributed by atoms with Gasteiger partial charge in [-0.25, -0.2) is 15.0 Å². The maximum Gasteiger partial charge on any atom is 0.149 e. The van der Waals surface area contributed by atoms with Crippen LogP contribution in [0.3, 0.4) is 0 Å². The summed E-state index contributed by atoms with van der Waals surface area (Å²) in [5.74, 6) is 0.677. The molecule has 0 aliphatic carbocycles. The van der Waals surface area contributed by atoms with Crippen molar-refractivity contribution in [2.75, 3.05) is 11.1 Å². The molecule has 0 saturated heterocycles. The van der Waals surface area contributed by atoms with E-state index in [0.717, 1.165) is 5.69 Å². The second-order valence-electron chi connectivity index (χ2n) is 3.00. The second kappa shape index (κ2) is 4.36. The fourth-order valence-corrected chi connectivity index (χ4v) is 1.16. The van der Waals surface area contributed by atoms with Crippen LogP contribution in [-0.4, -0.2) is 15.0 Å². The minimum atomic E-state index is 0.587. The monoisotopic (exact) mass is 201 g/mol. The average molecular weight is 201 g/mol. The molecule has 3 N–H and O–H groups in total. The Bertz CT molecular complexity index is 429. The molecule has 0 aliphatic heterocycles. The van der Waals surface area contributed by atoms with Crippen LogP contribution >= 0.6 is 0 Å². The third-order valence-electron chi connectivity index (χ3n) is 1.92. The third-order valence-corrected chi connectivity index (χ3v) is 1.92. The second-order valence-corrected chi connectivity index (χ2v) is 3.00. The predicted molar refractivity (Wildman–Crippen MR) is 58.0 cm³/mol. The number of rotatable bonds is 3. The Balaban J connectivity index is 2.03. The summed E-state index contributed by atoms with van der Waals surface area (Å²) in [5.41, 5.74) is 7.26. The summed E-state index contributed by atoms with van der Waals surface area (Å²) in [6.45, 7) is 0.587. The molecule has 2 heterocycles. The smallest absolute Gasteiger partial charge is 0.149 e. The van der Waals surface area contributed by atoms with Crippen molar-refractivity contribution in [2.24, 2.45) is 0 Å². The Morgan fingerprint density at radius 2 is 2.13 bits per heavy atom. The highest BCUT2D eigenvalue weighted by Crippen LogP contribution is 2.13. The van der Waals surface area contributed by atoms with E-state index in [-0.39, 0.29) is 0 Å². The van der Waals surface area contributed by atoms with Crippen molar-refractivity contribution in [1.29, 1.82) is 0 Å². The van der Waals surface area contributed by atoms with Crippen molar-refractivity contribution in [3.8, 4) is 0 Å². The Hall–Kier alpha value is -2.17. The number of aromatic nitrogens is 3. The maximum absolute atomic E-state index is 5.73. The van der Waals surface area contributed by atoms with Crippen molar-refractivity contribution in [2.45, 2.75) is 6.54 Å². The zero-order valence-corrected chi connectivity index (χ0v) is 8.09. The Kier molecular flexibility index (Phi) is 2.73. The number of nitrogens with one attached hydrogen (secondary N) is 1. The van der Waals surface area contributed by atoms with Gasteiger partial charge in [-0.15, -0.1) is 0 Å². The zero-order chi connectivity index (χ0) is 10.5. The molecule has 0 atom stereocenters. The van der Waals surface area contributed by atoms with Gasteiger partial charge in [-0.3, -0.25) is 0 Å². The standard InChI is InChI=1S/C10H11N5/c11-9-2-1-4-13-10(9)14-6-8-3-5-12-7-15-8/h1-5,7H,6,11H2,(H,13,14). The normalized spacial score (nSPS) is 9.87. The highest BCUT2D eigenvalue weighted by Gasteiger charge is 1.98. The molecule has 5 nitrogen and oxygen atoms in total. The van der Waals surface area contributed by atoms with Crippen LogP contribution in [-0.2, 0) is 6.54 Å². The van der Waals surface area contributed by atoms with Crippen LogP contribution in [0.5, 0.6) is 0 Å². The largest absolute Gasteiger partial charge is 0.396 e. The summed E-state index contributed by atoms with van der Waals surface area (Å²) in [6, 6.07) is 5.44. The van der Waals surface area contributed by atoms with E-state index < -0.39 is 0 Å². The number of nitrogen functional groups attached to an aromatic ring is 1. The van der Waals surface area contributed by atoms with Crippen molar-refractivity contribution >= 4 is 11.5 Å². The fourth-order valence-electron chi connectivity index (χ4n) is 1.16. The lowest BCUT2D eigenvalue weighted by molar-refractivity contribution is 0.997. The Morgan fingerprint density at radius 3 is 2.87 bits per heavy atom. The number of pyridine rings is 1. The number of nitrogens with two attached hydrogens (primary N) is 1. The van der Waals surface area contributed by atoms with Gasteiger partial charge in [-0.05, 0) is 18.2 Å². The van der Waals surface area contributed by atoms with Gasteiger partial charge in [0.2, 0.25) is 0 Å². The van der Waals surface area contributed by atoms with Crippen LogP contribution in [0.15, 0.2) is 36.9 Å². The van der Waals surface area contributed by atoms with E-state index in [4.69, 9.17) is 5.73 Å². The van der Waals surface area contributed by atoms with Gasteiger partial charge in [0.15, 0.2) is 0 Å². The van der Waals surface area contributed by atoms with Crippen molar-refractivity contribution in [3.05, 3.63) is 42.6 Å². The topological polar surface area (TPSA) is 76.7 Å². The molecule has 0 unspecified atom stereocenters. The van der Waals surface area contributed by atoms with E-state index in [2.05, 4.69) is 20.3 Å². The Morgan fingerprint density at radius 1 is 1.20 bits per heavy atom. The van der Waals surface area contributed by atoms with Crippen molar-refractivity contribution in [1.82, 2.24) is 15.0 Å². The lowest BCUT2D eigenvalue weighted by Crippen LogP contribution is -2.05. The van der Waals surface area contributed by atoms with Crippen molar-refractivity contribution in [3.63, 3.8) is 0 Å². The van der Waals surface area contributed by atoms with E-state index >= 15 is 0 Å². The van der Waals surface area contributed by atoms with Gasteiger partial charge in [-0.2, -0.15) is 0 Å². The molecule has 0 aliphatic rings. The van der Waals surface area contributed by atoms with Crippen LogP contribution in [0.25, 0.3) is 0 Å². The molecule has 0 bridgehead atoms. The molecule has 0 aromatic carbocycles. The van der Waals surface area contributed by atoms with Crippen LogP contribution in [0.2, 0.25) is 0 Å². The first-order valence-electron chi connectivity index (χ1n) is 4.55. The van der Waals surface area contributed by atoms with E-state index in [0.29, 0.717) is 18.1 Å². The number of hydrogen-bond donors (Lipinski definition) is 2. The fraction of sp³-hybridized carbons (Fsp3) is 0.100. The predicted octanol–water partition coefficient (Wildman–Crippen LogP) is 1.07. The van der Waals surface area contributed by atoms with Gasteiger partial charge in [0.05, 0.1) is 17.9 Å². The van der Waals surface area contributed by atoms with Gasteiger partial charge < -0.3 is 11.1 Å². The summed E-state index contributed by atoms with van der Waals surface area (Å²) in [5, 5.41) is 3.10. The summed E-state index contributed by atoms with van der Waals surface area (Å²) in [6.07, 6.45) is 4.91. The lowest BCUT2D eigenvalue weighted by Gasteiger charge is -2.06. The maximum atomic E-state index is 5.73. The number of hydrogen-bond acceptors (Lipinski definition) is 5. The summed E-state index contributed by atoms with van der Waals surface area (Å²) in [7, 11) is 0. The van der Waals surface area contributed by atoms with E-state index in [1.54, 1.807) is 24.5 Å². The van der Waals surface area contributed by atoms with E-state index in [9.17, 15) is 0 Å². The molecule has 2 aromatic heterocycles. The third kappa shape index (κ3) is 2.40. The zero-order valence-electron chi connectivity index (χ0n) is 8.09. The molecular formula is C10H11N5. The molecule has 2 aromatic rings. The van der Waals surface area contributed by atoms with Gasteiger partial charge in [0, 0.05) is 12.4 Å². The first-order valence-corrected chi connectivity index (χ1v) is 4.55. The van der Waals surface area contributed by atoms with Crippen LogP contribution in [0, 0.1) is 0 Å². The Labute approximate surface area is 87.4 Å². The van der Waals surface area contributed by atoms with Gasteiger partial charge in [0.1, 0.15) is 12.1 Å². The molecule has 0 amide bonds. The summed E-state index contributed by atoms with van der Waals surface area (Å²) < 4.78 is 0. The molecule has 0 fully saturated rings. The lowest BCUT2D eigenvalue weighted by atomic mass is 10.3. The van der Waals surface area contributed by atoms with Crippen molar-refractivity contribution < 1.29 is 0 Å². The van der Waals surface area contributed by atoms with Crippen LogP contribution < -0.4 is 11.1 Å². The SMILES string of the molecule is Nc1cccnc1NCc1ccncn1. The molecule has 15 heavy (non-hydrogen) atoms. The average Bonchev–Trinajstić information content (AvgIpc) is 2.29. The van der Waals surface area contributed by atoms with Crippen LogP contribution in [0.4, 0.5) is 11.5 Å². The van der Waals surface area contributed by atoms with E-state index in [1.807, 2.05) is 6.07 Å². The molecule has 2 rings (SSSR count). The highest BCUT2D eigenvalue weighted by molar-refractivity contribution is 5.60. The van der Waals surface area contributed by atoms with Gasteiger partial charge in [0.25, 0.3) is 0 Å². The molecular weight excluding hydrogens is 190 g/mol. The van der Waals surface area contributed by atoms with Gasteiger partial charge in [-0.1, -0.05) is 0 Å². The molecule has 5 heteroatoms. The number of nitrogens with zero attached hydrogens (tertiary/aromatic N) is 3. The highest BCUT2D eigenvalue weighted by atomic mass is 15.0. The summed E-state index contributed by atoms with van der Waals surface area (Å²) in [4.78, 5) is 12.0. The van der Waals surface area contributed by atoms with Crippen LogP contribution in [0.1, 0.15) is 5.69 Å². The molecule has 0 saturated carbocycles. The molecule has 0 radical (unpaired) electrons. The first kappa shape index (κ1) is 9.39. The summed E-state index contributed by atoms with van der Waals surface area (Å²) >= 11 is 0. The van der Waals surface area contributed by atoms with Gasteiger partial charge >= 0.3 is 0 Å². The van der Waals surface area contributed by atoms with E-state index in [1.165, 1.54) is 6.33 Å². The molecule has 0 spiro atoms. The molecule has 76 valence electrons. The number of anilines is 2. The minimum absolute atomic E-state index is 0.587. The minimum Gasteiger partial charge on any atom is -0.396 e. The quantitative estimate of drug-likeness (QED) is 0.776. The first-order chi connectivity index (χ1) is 7.36.